The molecule has 1 saturated carbocycles. The smallest absolute Gasteiger partial charge is 0.0709 e. The molecule has 0 heterocycles. The van der Waals surface area contributed by atoms with Gasteiger partial charge in [0.25, 0.3) is 0 Å². The van der Waals surface area contributed by atoms with Gasteiger partial charge in [0.15, 0.2) is 0 Å². The molecule has 0 radical (unpaired) electrons. The number of hydrogen-bond acceptors (Lipinski definition) is 1. The van der Waals surface area contributed by atoms with E-state index in [0.717, 1.165) is 19.3 Å². The van der Waals surface area contributed by atoms with Crippen LogP contribution in [0.5, 0.6) is 0 Å². The lowest BCUT2D eigenvalue weighted by Crippen LogP contribution is -2.39. The van der Waals surface area contributed by atoms with E-state index in [9.17, 15) is 5.11 Å². The molecule has 12 heavy (non-hydrogen) atoms. The molecule has 1 N–H and O–H groups in total. The second-order valence-corrected chi connectivity index (χ2v) is 3.95. The van der Waals surface area contributed by atoms with Crippen molar-refractivity contribution in [2.24, 2.45) is 5.92 Å². The van der Waals surface area contributed by atoms with Gasteiger partial charge in [0, 0.05) is 0 Å². The van der Waals surface area contributed by atoms with E-state index >= 15 is 0 Å². The van der Waals surface area contributed by atoms with Crippen LogP contribution in [0.4, 0.5) is 0 Å². The number of rotatable bonds is 3. The Hall–Kier alpha value is -0.300. The first-order valence-electron chi connectivity index (χ1n) is 5.06. The average Bonchev–Trinajstić information content (AvgIpc) is 2.05. The maximum atomic E-state index is 10.3. The van der Waals surface area contributed by atoms with E-state index in [0.29, 0.717) is 5.92 Å². The van der Waals surface area contributed by atoms with Crippen molar-refractivity contribution in [3.05, 3.63) is 12.7 Å². The molecule has 1 fully saturated rings. The van der Waals surface area contributed by atoms with Gasteiger partial charge in [-0.1, -0.05) is 32.3 Å². The zero-order valence-electron chi connectivity index (χ0n) is 8.05. The van der Waals surface area contributed by atoms with E-state index in [1.165, 1.54) is 19.3 Å². The molecule has 2 unspecified atom stereocenters. The molecule has 0 bridgehead atoms. The van der Waals surface area contributed by atoms with Crippen LogP contribution in [0.3, 0.4) is 0 Å². The largest absolute Gasteiger partial charge is 0.389 e. The van der Waals surface area contributed by atoms with E-state index in [1.54, 1.807) is 0 Å². The zero-order valence-corrected chi connectivity index (χ0v) is 8.05. The van der Waals surface area contributed by atoms with E-state index in [-0.39, 0.29) is 0 Å². The summed E-state index contributed by atoms with van der Waals surface area (Å²) in [5.41, 5.74) is -0.422. The minimum Gasteiger partial charge on any atom is -0.389 e. The highest BCUT2D eigenvalue weighted by Gasteiger charge is 2.36. The molecule has 1 rings (SSSR count). The molecule has 2 atom stereocenters. The van der Waals surface area contributed by atoms with Crippen molar-refractivity contribution in [3.63, 3.8) is 0 Å². The Morgan fingerprint density at radius 1 is 1.58 bits per heavy atom. The van der Waals surface area contributed by atoms with Crippen LogP contribution in [0.15, 0.2) is 12.7 Å². The van der Waals surface area contributed by atoms with E-state index in [4.69, 9.17) is 0 Å². The van der Waals surface area contributed by atoms with Crippen LogP contribution < -0.4 is 0 Å². The molecule has 0 aromatic heterocycles. The molecule has 1 aliphatic carbocycles. The average molecular weight is 168 g/mol. The van der Waals surface area contributed by atoms with Gasteiger partial charge in [0.2, 0.25) is 0 Å². The lowest BCUT2D eigenvalue weighted by molar-refractivity contribution is -0.0468. The van der Waals surface area contributed by atoms with Crippen LogP contribution in [-0.4, -0.2) is 10.7 Å². The summed E-state index contributed by atoms with van der Waals surface area (Å²) < 4.78 is 0. The third kappa shape index (κ3) is 1.89. The first-order chi connectivity index (χ1) is 5.73. The fourth-order valence-corrected chi connectivity index (χ4v) is 2.40. The van der Waals surface area contributed by atoms with Gasteiger partial charge in [-0.25, -0.2) is 0 Å². The first-order valence-corrected chi connectivity index (χ1v) is 5.06. The van der Waals surface area contributed by atoms with Crippen molar-refractivity contribution in [1.29, 1.82) is 0 Å². The van der Waals surface area contributed by atoms with Gasteiger partial charge in [-0.15, -0.1) is 6.58 Å². The summed E-state index contributed by atoms with van der Waals surface area (Å²) >= 11 is 0. The Bertz CT molecular complexity index is 153. The van der Waals surface area contributed by atoms with Crippen molar-refractivity contribution >= 4 is 0 Å². The highest BCUT2D eigenvalue weighted by molar-refractivity contribution is 4.94. The normalized spacial score (nSPS) is 36.3. The summed E-state index contributed by atoms with van der Waals surface area (Å²) in [6, 6.07) is 0. The van der Waals surface area contributed by atoms with Gasteiger partial charge in [0.1, 0.15) is 0 Å². The molecule has 1 aliphatic rings. The van der Waals surface area contributed by atoms with Gasteiger partial charge in [-0.05, 0) is 25.2 Å². The van der Waals surface area contributed by atoms with Gasteiger partial charge in [-0.3, -0.25) is 0 Å². The van der Waals surface area contributed by atoms with Gasteiger partial charge >= 0.3 is 0 Å². The van der Waals surface area contributed by atoms with Crippen LogP contribution in [-0.2, 0) is 0 Å². The fraction of sp³-hybridized carbons (Fsp3) is 0.818. The Balaban J connectivity index is 2.61. The third-order valence-corrected chi connectivity index (χ3v) is 3.16. The molecule has 1 nitrogen and oxygen atoms in total. The Morgan fingerprint density at radius 2 is 2.33 bits per heavy atom. The van der Waals surface area contributed by atoms with Crippen LogP contribution in [0.1, 0.15) is 45.4 Å². The molecular weight excluding hydrogens is 148 g/mol. The molecule has 0 aliphatic heterocycles. The molecule has 0 amide bonds. The van der Waals surface area contributed by atoms with E-state index in [1.807, 2.05) is 6.08 Å². The highest BCUT2D eigenvalue weighted by atomic mass is 16.3. The summed E-state index contributed by atoms with van der Waals surface area (Å²) in [5.74, 6) is 0.504. The predicted molar refractivity (Wildman–Crippen MR) is 52.0 cm³/mol. The quantitative estimate of drug-likeness (QED) is 0.642. The highest BCUT2D eigenvalue weighted by Crippen LogP contribution is 2.38. The van der Waals surface area contributed by atoms with Crippen LogP contribution in [0, 0.1) is 5.92 Å². The van der Waals surface area contributed by atoms with E-state index in [2.05, 4.69) is 13.5 Å². The summed E-state index contributed by atoms with van der Waals surface area (Å²) in [5, 5.41) is 10.3. The lowest BCUT2D eigenvalue weighted by atomic mass is 9.72. The SMILES string of the molecule is C=CCC1(O)CCCCC1CC. The van der Waals surface area contributed by atoms with Crippen molar-refractivity contribution in [2.45, 2.75) is 51.0 Å². The lowest BCUT2D eigenvalue weighted by Gasteiger charge is -2.39. The van der Waals surface area contributed by atoms with Gasteiger partial charge in [-0.2, -0.15) is 0 Å². The van der Waals surface area contributed by atoms with Crippen LogP contribution in [0.25, 0.3) is 0 Å². The van der Waals surface area contributed by atoms with Crippen LogP contribution >= 0.6 is 0 Å². The molecular formula is C11H20O. The van der Waals surface area contributed by atoms with Crippen molar-refractivity contribution in [3.8, 4) is 0 Å². The predicted octanol–water partition coefficient (Wildman–Crippen LogP) is 2.89. The van der Waals surface area contributed by atoms with Gasteiger partial charge in [0.05, 0.1) is 5.60 Å². The summed E-state index contributed by atoms with van der Waals surface area (Å²) in [6.45, 7) is 5.88. The monoisotopic (exact) mass is 168 g/mol. The summed E-state index contributed by atoms with van der Waals surface area (Å²) in [7, 11) is 0. The zero-order chi connectivity index (χ0) is 9.03. The summed E-state index contributed by atoms with van der Waals surface area (Å²) in [6.07, 6.45) is 8.36. The standard InChI is InChI=1S/C11H20O/c1-3-8-11(12)9-6-5-7-10(11)4-2/h3,10,12H,1,4-9H2,2H3. The fourth-order valence-electron chi connectivity index (χ4n) is 2.40. The van der Waals surface area contributed by atoms with E-state index < -0.39 is 5.60 Å². The molecule has 0 spiro atoms. The molecule has 0 aromatic rings. The Morgan fingerprint density at radius 3 is 2.92 bits per heavy atom. The minimum absolute atomic E-state index is 0.422. The van der Waals surface area contributed by atoms with Crippen molar-refractivity contribution in [2.75, 3.05) is 0 Å². The number of hydrogen-bond donors (Lipinski definition) is 1. The first kappa shape index (κ1) is 9.79. The summed E-state index contributed by atoms with van der Waals surface area (Å²) in [4.78, 5) is 0. The number of aliphatic hydroxyl groups is 1. The molecule has 70 valence electrons. The maximum Gasteiger partial charge on any atom is 0.0709 e. The molecule has 0 aromatic carbocycles. The van der Waals surface area contributed by atoms with Crippen LogP contribution in [0.2, 0.25) is 0 Å². The second-order valence-electron chi connectivity index (χ2n) is 3.95. The third-order valence-electron chi connectivity index (χ3n) is 3.16. The second kappa shape index (κ2) is 4.08. The Labute approximate surface area is 75.5 Å². The molecule has 0 saturated heterocycles. The van der Waals surface area contributed by atoms with Gasteiger partial charge < -0.3 is 5.11 Å². The minimum atomic E-state index is -0.422. The Kier molecular flexibility index (Phi) is 3.33. The molecule has 1 heteroatoms. The van der Waals surface area contributed by atoms with Crippen molar-refractivity contribution in [1.82, 2.24) is 0 Å². The topological polar surface area (TPSA) is 20.2 Å². The van der Waals surface area contributed by atoms with Crippen molar-refractivity contribution < 1.29 is 5.11 Å². The maximum absolute atomic E-state index is 10.3.